The first kappa shape index (κ1) is 14.0. The molecule has 2 saturated heterocycles. The van der Waals surface area contributed by atoms with Gasteiger partial charge in [-0.2, -0.15) is 0 Å². The highest BCUT2D eigenvalue weighted by atomic mass is 16.5. The summed E-state index contributed by atoms with van der Waals surface area (Å²) in [4.78, 5) is 14.6. The summed E-state index contributed by atoms with van der Waals surface area (Å²) in [6, 6.07) is 8.77. The monoisotopic (exact) mass is 301 g/mol. The molecule has 5 nitrogen and oxygen atoms in total. The molecule has 2 amide bonds. The van der Waals surface area contributed by atoms with Crippen LogP contribution in [-0.2, 0) is 10.3 Å². The van der Waals surface area contributed by atoms with Crippen LogP contribution in [0, 0.1) is 0 Å². The van der Waals surface area contributed by atoms with Crippen molar-refractivity contribution in [2.24, 2.45) is 0 Å². The topological polar surface area (TPSA) is 53.6 Å². The maximum Gasteiger partial charge on any atom is 0.319 e. The molecule has 5 heteroatoms. The molecule has 0 atom stereocenters. The molecular weight excluding hydrogens is 278 g/mol. The molecule has 2 fully saturated rings. The van der Waals surface area contributed by atoms with Gasteiger partial charge in [-0.1, -0.05) is 18.2 Å². The number of ether oxygens (including phenoxy) is 1. The second kappa shape index (κ2) is 5.56. The lowest BCUT2D eigenvalue weighted by atomic mass is 9.78. The number of nitrogens with one attached hydrogen (secondary N) is 2. The number of carbonyl (C=O) groups excluding carboxylic acids is 1. The molecule has 0 radical (unpaired) electrons. The quantitative estimate of drug-likeness (QED) is 0.837. The highest BCUT2D eigenvalue weighted by molar-refractivity contribution is 5.93. The summed E-state index contributed by atoms with van der Waals surface area (Å²) in [7, 11) is 0. The van der Waals surface area contributed by atoms with E-state index in [0.717, 1.165) is 57.7 Å². The van der Waals surface area contributed by atoms with Crippen LogP contribution in [-0.4, -0.2) is 43.3 Å². The predicted molar refractivity (Wildman–Crippen MR) is 84.9 cm³/mol. The summed E-state index contributed by atoms with van der Waals surface area (Å²) in [6.07, 6.45) is 4.23. The molecule has 118 valence electrons. The van der Waals surface area contributed by atoms with Crippen LogP contribution in [0.15, 0.2) is 24.3 Å². The second-order valence-electron chi connectivity index (χ2n) is 6.59. The highest BCUT2D eigenvalue weighted by Crippen LogP contribution is 2.40. The van der Waals surface area contributed by atoms with E-state index in [0.29, 0.717) is 6.04 Å². The van der Waals surface area contributed by atoms with E-state index in [2.05, 4.69) is 27.7 Å². The van der Waals surface area contributed by atoms with Gasteiger partial charge in [-0.15, -0.1) is 0 Å². The Hall–Kier alpha value is -1.59. The maximum absolute atomic E-state index is 12.0. The SMILES string of the molecule is O=C1Nc2ccccc2C2(CCN(C3CCOCC3)CC2)N1. The molecule has 0 unspecified atom stereocenters. The summed E-state index contributed by atoms with van der Waals surface area (Å²) in [5.74, 6) is 0. The minimum Gasteiger partial charge on any atom is -0.381 e. The van der Waals surface area contributed by atoms with Crippen molar-refractivity contribution < 1.29 is 9.53 Å². The summed E-state index contributed by atoms with van der Waals surface area (Å²) in [6.45, 7) is 3.85. The van der Waals surface area contributed by atoms with Crippen molar-refractivity contribution in [1.29, 1.82) is 0 Å². The Morgan fingerprint density at radius 3 is 2.64 bits per heavy atom. The third kappa shape index (κ3) is 2.38. The summed E-state index contributed by atoms with van der Waals surface area (Å²) < 4.78 is 5.47. The molecule has 1 spiro atoms. The summed E-state index contributed by atoms with van der Waals surface area (Å²) >= 11 is 0. The number of carbonyl (C=O) groups is 1. The van der Waals surface area contributed by atoms with E-state index in [1.54, 1.807) is 0 Å². The van der Waals surface area contributed by atoms with Crippen molar-refractivity contribution in [3.8, 4) is 0 Å². The number of fused-ring (bicyclic) bond motifs is 2. The van der Waals surface area contributed by atoms with E-state index in [1.165, 1.54) is 5.56 Å². The van der Waals surface area contributed by atoms with Crippen molar-refractivity contribution in [2.75, 3.05) is 31.6 Å². The predicted octanol–water partition coefficient (Wildman–Crippen LogP) is 2.29. The third-order valence-corrected chi connectivity index (χ3v) is 5.40. The molecule has 22 heavy (non-hydrogen) atoms. The maximum atomic E-state index is 12.0. The number of urea groups is 1. The third-order valence-electron chi connectivity index (χ3n) is 5.40. The lowest BCUT2D eigenvalue weighted by Gasteiger charge is -2.47. The van der Waals surface area contributed by atoms with Crippen molar-refractivity contribution in [3.05, 3.63) is 29.8 Å². The Morgan fingerprint density at radius 1 is 1.14 bits per heavy atom. The smallest absolute Gasteiger partial charge is 0.319 e. The van der Waals surface area contributed by atoms with Gasteiger partial charge in [0.2, 0.25) is 0 Å². The molecule has 3 aliphatic heterocycles. The van der Waals surface area contributed by atoms with Crippen molar-refractivity contribution in [3.63, 3.8) is 0 Å². The highest BCUT2D eigenvalue weighted by Gasteiger charge is 2.42. The summed E-state index contributed by atoms with van der Waals surface area (Å²) in [5, 5.41) is 6.14. The van der Waals surface area contributed by atoms with Crippen LogP contribution in [0.3, 0.4) is 0 Å². The number of anilines is 1. The first-order chi connectivity index (χ1) is 10.8. The van der Waals surface area contributed by atoms with Gasteiger partial charge in [0.25, 0.3) is 0 Å². The van der Waals surface area contributed by atoms with Crippen LogP contribution in [0.5, 0.6) is 0 Å². The molecule has 0 aromatic heterocycles. The zero-order valence-electron chi connectivity index (χ0n) is 12.8. The van der Waals surface area contributed by atoms with E-state index in [1.807, 2.05) is 12.1 Å². The number of hydrogen-bond donors (Lipinski definition) is 2. The van der Waals surface area contributed by atoms with E-state index >= 15 is 0 Å². The Balaban J connectivity index is 1.53. The lowest BCUT2D eigenvalue weighted by molar-refractivity contribution is 0.0146. The molecule has 1 aromatic carbocycles. The molecule has 3 aliphatic rings. The first-order valence-electron chi connectivity index (χ1n) is 8.27. The fraction of sp³-hybridized carbons (Fsp3) is 0.588. The Kier molecular flexibility index (Phi) is 3.54. The van der Waals surface area contributed by atoms with Crippen LogP contribution in [0.4, 0.5) is 10.5 Å². The number of rotatable bonds is 1. The van der Waals surface area contributed by atoms with Gasteiger partial charge >= 0.3 is 6.03 Å². The van der Waals surface area contributed by atoms with Gasteiger partial charge in [0.1, 0.15) is 0 Å². The van der Waals surface area contributed by atoms with Crippen molar-refractivity contribution in [1.82, 2.24) is 10.2 Å². The number of likely N-dealkylation sites (tertiary alicyclic amines) is 1. The van der Waals surface area contributed by atoms with Crippen molar-refractivity contribution in [2.45, 2.75) is 37.3 Å². The van der Waals surface area contributed by atoms with Crippen LogP contribution in [0.2, 0.25) is 0 Å². The lowest BCUT2D eigenvalue weighted by Crippen LogP contribution is -2.58. The van der Waals surface area contributed by atoms with E-state index < -0.39 is 0 Å². The molecule has 1 aromatic rings. The average Bonchev–Trinajstić information content (AvgIpc) is 2.56. The van der Waals surface area contributed by atoms with Gasteiger partial charge < -0.3 is 20.3 Å². The number of benzene rings is 1. The number of nitrogens with zero attached hydrogens (tertiary/aromatic N) is 1. The fourth-order valence-electron chi connectivity index (χ4n) is 4.16. The molecular formula is C17H23N3O2. The summed E-state index contributed by atoms with van der Waals surface area (Å²) in [5.41, 5.74) is 2.01. The van der Waals surface area contributed by atoms with Gasteiger partial charge in [0.05, 0.1) is 5.54 Å². The van der Waals surface area contributed by atoms with Gasteiger partial charge in [-0.05, 0) is 31.7 Å². The van der Waals surface area contributed by atoms with Crippen molar-refractivity contribution >= 4 is 11.7 Å². The average molecular weight is 301 g/mol. The number of para-hydroxylation sites is 1. The van der Waals surface area contributed by atoms with E-state index in [4.69, 9.17) is 4.74 Å². The molecule has 0 bridgehead atoms. The van der Waals surface area contributed by atoms with Crippen LogP contribution in [0.1, 0.15) is 31.2 Å². The fourth-order valence-corrected chi connectivity index (χ4v) is 4.16. The first-order valence-corrected chi connectivity index (χ1v) is 8.27. The van der Waals surface area contributed by atoms with Gasteiger partial charge in [-0.25, -0.2) is 4.79 Å². The molecule has 0 aliphatic carbocycles. The molecule has 2 N–H and O–H groups in total. The number of hydrogen-bond acceptors (Lipinski definition) is 3. The second-order valence-corrected chi connectivity index (χ2v) is 6.59. The minimum absolute atomic E-state index is 0.0711. The standard InChI is InChI=1S/C17H23N3O2/c21-16-18-15-4-2-1-3-14(15)17(19-16)7-9-20(10-8-17)13-5-11-22-12-6-13/h1-4,13H,5-12H2,(H2,18,19,21). The van der Waals surface area contributed by atoms with Crippen LogP contribution < -0.4 is 10.6 Å². The number of piperidine rings is 1. The molecule has 0 saturated carbocycles. The van der Waals surface area contributed by atoms with Crippen LogP contribution >= 0.6 is 0 Å². The zero-order valence-corrected chi connectivity index (χ0v) is 12.8. The largest absolute Gasteiger partial charge is 0.381 e. The van der Waals surface area contributed by atoms with Gasteiger partial charge in [0.15, 0.2) is 0 Å². The zero-order chi connectivity index (χ0) is 15.0. The molecule has 4 rings (SSSR count). The van der Waals surface area contributed by atoms with Gasteiger partial charge in [0, 0.05) is 43.6 Å². The Morgan fingerprint density at radius 2 is 1.86 bits per heavy atom. The minimum atomic E-state index is -0.194. The van der Waals surface area contributed by atoms with Gasteiger partial charge in [-0.3, -0.25) is 0 Å². The normalized spacial score (nSPS) is 25.4. The Labute approximate surface area is 131 Å². The Bertz CT molecular complexity index is 561. The molecule has 3 heterocycles. The number of amides is 2. The van der Waals surface area contributed by atoms with E-state index in [9.17, 15) is 4.79 Å². The van der Waals surface area contributed by atoms with Crippen LogP contribution in [0.25, 0.3) is 0 Å². The van der Waals surface area contributed by atoms with E-state index in [-0.39, 0.29) is 11.6 Å².